The van der Waals surface area contributed by atoms with E-state index in [-0.39, 0.29) is 6.10 Å². The first kappa shape index (κ1) is 16.0. The van der Waals surface area contributed by atoms with Crippen molar-refractivity contribution in [1.29, 1.82) is 0 Å². The standard InChI is InChI=1S/C18H20O4/c1-3-20-14(2)17(15-10-6-4-7-11-15)22-18(19)21-16-12-8-5-9-13-16/h4-14,17H,3H2,1-2H3. The van der Waals surface area contributed by atoms with Gasteiger partial charge in [-0.3, -0.25) is 0 Å². The smallest absolute Gasteiger partial charge is 0.423 e. The van der Waals surface area contributed by atoms with Crippen molar-refractivity contribution in [3.63, 3.8) is 0 Å². The largest absolute Gasteiger partial charge is 0.514 e. The Hall–Kier alpha value is -2.33. The van der Waals surface area contributed by atoms with E-state index in [0.29, 0.717) is 12.4 Å². The molecule has 0 aliphatic carbocycles. The summed E-state index contributed by atoms with van der Waals surface area (Å²) < 4.78 is 16.2. The van der Waals surface area contributed by atoms with Gasteiger partial charge in [-0.1, -0.05) is 48.5 Å². The van der Waals surface area contributed by atoms with E-state index in [1.54, 1.807) is 24.3 Å². The van der Waals surface area contributed by atoms with Crippen LogP contribution in [0.1, 0.15) is 25.5 Å². The van der Waals surface area contributed by atoms with Crippen molar-refractivity contribution in [3.05, 3.63) is 66.2 Å². The maximum absolute atomic E-state index is 12.0. The van der Waals surface area contributed by atoms with Gasteiger partial charge in [-0.2, -0.15) is 0 Å². The van der Waals surface area contributed by atoms with Gasteiger partial charge >= 0.3 is 6.16 Å². The molecule has 0 saturated carbocycles. The predicted octanol–water partition coefficient (Wildman–Crippen LogP) is 4.37. The average molecular weight is 300 g/mol. The monoisotopic (exact) mass is 300 g/mol. The van der Waals surface area contributed by atoms with Crippen molar-refractivity contribution in [3.8, 4) is 5.75 Å². The SMILES string of the molecule is CCOC(C)C(OC(=O)Oc1ccccc1)c1ccccc1. The summed E-state index contributed by atoms with van der Waals surface area (Å²) >= 11 is 0. The molecule has 0 spiro atoms. The van der Waals surface area contributed by atoms with Crippen LogP contribution in [0.4, 0.5) is 4.79 Å². The van der Waals surface area contributed by atoms with E-state index in [9.17, 15) is 4.79 Å². The second-order valence-corrected chi connectivity index (χ2v) is 4.77. The van der Waals surface area contributed by atoms with Crippen LogP contribution >= 0.6 is 0 Å². The Morgan fingerprint density at radius 2 is 1.59 bits per heavy atom. The summed E-state index contributed by atoms with van der Waals surface area (Å²) in [5.41, 5.74) is 0.869. The molecule has 0 aromatic heterocycles. The minimum Gasteiger partial charge on any atom is -0.423 e. The lowest BCUT2D eigenvalue weighted by molar-refractivity contribution is -0.0435. The molecule has 0 radical (unpaired) electrons. The minimum atomic E-state index is -0.744. The minimum absolute atomic E-state index is 0.268. The lowest BCUT2D eigenvalue weighted by Gasteiger charge is -2.24. The fourth-order valence-electron chi connectivity index (χ4n) is 2.14. The fourth-order valence-corrected chi connectivity index (χ4v) is 2.14. The van der Waals surface area contributed by atoms with E-state index in [4.69, 9.17) is 14.2 Å². The number of carbonyl (C=O) groups is 1. The van der Waals surface area contributed by atoms with Crippen molar-refractivity contribution in [2.24, 2.45) is 0 Å². The molecule has 0 heterocycles. The summed E-state index contributed by atoms with van der Waals surface area (Å²) in [4.78, 5) is 12.0. The molecule has 2 unspecified atom stereocenters. The molecular formula is C18H20O4. The zero-order valence-electron chi connectivity index (χ0n) is 12.8. The predicted molar refractivity (Wildman–Crippen MR) is 83.8 cm³/mol. The highest BCUT2D eigenvalue weighted by Gasteiger charge is 2.25. The summed E-state index contributed by atoms with van der Waals surface area (Å²) in [6.07, 6.45) is -1.53. The number of hydrogen-bond acceptors (Lipinski definition) is 4. The number of hydrogen-bond donors (Lipinski definition) is 0. The Kier molecular flexibility index (Phi) is 5.98. The second kappa shape index (κ2) is 8.20. The van der Waals surface area contributed by atoms with Crippen molar-refractivity contribution in [2.45, 2.75) is 26.1 Å². The molecule has 0 aliphatic heterocycles. The maximum atomic E-state index is 12.0. The molecule has 0 N–H and O–H groups in total. The Morgan fingerprint density at radius 1 is 1.00 bits per heavy atom. The van der Waals surface area contributed by atoms with Crippen LogP contribution in [-0.4, -0.2) is 18.9 Å². The van der Waals surface area contributed by atoms with Crippen molar-refractivity contribution < 1.29 is 19.0 Å². The molecule has 116 valence electrons. The molecule has 0 bridgehead atoms. The van der Waals surface area contributed by atoms with E-state index in [2.05, 4.69) is 0 Å². The molecule has 4 heteroatoms. The number of ether oxygens (including phenoxy) is 3. The van der Waals surface area contributed by atoms with Gasteiger partial charge in [0.2, 0.25) is 0 Å². The van der Waals surface area contributed by atoms with Gasteiger partial charge in [0, 0.05) is 6.61 Å². The van der Waals surface area contributed by atoms with E-state index in [1.807, 2.05) is 50.2 Å². The zero-order valence-corrected chi connectivity index (χ0v) is 12.8. The van der Waals surface area contributed by atoms with Crippen LogP contribution in [0.5, 0.6) is 5.75 Å². The quantitative estimate of drug-likeness (QED) is 0.587. The molecule has 2 aromatic rings. The van der Waals surface area contributed by atoms with E-state index >= 15 is 0 Å². The zero-order chi connectivity index (χ0) is 15.8. The highest BCUT2D eigenvalue weighted by molar-refractivity contribution is 5.64. The van der Waals surface area contributed by atoms with Gasteiger partial charge in [-0.15, -0.1) is 0 Å². The molecule has 2 atom stereocenters. The highest BCUT2D eigenvalue weighted by Crippen LogP contribution is 2.24. The number of benzene rings is 2. The van der Waals surface area contributed by atoms with Crippen molar-refractivity contribution in [1.82, 2.24) is 0 Å². The van der Waals surface area contributed by atoms with Gasteiger partial charge in [-0.25, -0.2) is 4.79 Å². The lowest BCUT2D eigenvalue weighted by atomic mass is 10.1. The van der Waals surface area contributed by atoms with Crippen molar-refractivity contribution in [2.75, 3.05) is 6.61 Å². The van der Waals surface area contributed by atoms with Gasteiger partial charge in [-0.05, 0) is 31.5 Å². The summed E-state index contributed by atoms with van der Waals surface area (Å²) in [7, 11) is 0. The number of rotatable bonds is 6. The molecule has 0 saturated heterocycles. The normalized spacial score (nSPS) is 13.2. The molecule has 22 heavy (non-hydrogen) atoms. The van der Waals surface area contributed by atoms with Crippen LogP contribution < -0.4 is 4.74 Å². The third-order valence-electron chi connectivity index (χ3n) is 3.15. The maximum Gasteiger partial charge on any atom is 0.514 e. The van der Waals surface area contributed by atoms with Crippen LogP contribution in [0.15, 0.2) is 60.7 Å². The Balaban J connectivity index is 2.07. The first-order valence-corrected chi connectivity index (χ1v) is 7.30. The summed E-state index contributed by atoms with van der Waals surface area (Å²) in [6, 6.07) is 18.3. The van der Waals surface area contributed by atoms with Crippen LogP contribution in [-0.2, 0) is 9.47 Å². The fraction of sp³-hybridized carbons (Fsp3) is 0.278. The molecule has 4 nitrogen and oxygen atoms in total. The summed E-state index contributed by atoms with van der Waals surface area (Å²) in [5, 5.41) is 0. The second-order valence-electron chi connectivity index (χ2n) is 4.77. The van der Waals surface area contributed by atoms with Crippen LogP contribution in [0, 0.1) is 0 Å². The molecule has 2 rings (SSSR count). The Bertz CT molecular complexity index is 568. The molecule has 0 amide bonds. The number of para-hydroxylation sites is 1. The molecule has 0 fully saturated rings. The van der Waals surface area contributed by atoms with E-state index in [0.717, 1.165) is 5.56 Å². The highest BCUT2D eigenvalue weighted by atomic mass is 16.7. The van der Waals surface area contributed by atoms with E-state index in [1.165, 1.54) is 0 Å². The van der Waals surface area contributed by atoms with E-state index < -0.39 is 12.3 Å². The van der Waals surface area contributed by atoms with Crippen molar-refractivity contribution >= 4 is 6.16 Å². The van der Waals surface area contributed by atoms with Crippen LogP contribution in [0.2, 0.25) is 0 Å². The topological polar surface area (TPSA) is 44.8 Å². The Labute approximate surface area is 130 Å². The molecule has 0 aliphatic rings. The third-order valence-corrected chi connectivity index (χ3v) is 3.15. The average Bonchev–Trinajstić information content (AvgIpc) is 2.54. The van der Waals surface area contributed by atoms with Gasteiger partial charge in [0.1, 0.15) is 5.75 Å². The van der Waals surface area contributed by atoms with Gasteiger partial charge in [0.25, 0.3) is 0 Å². The van der Waals surface area contributed by atoms with Gasteiger partial charge in [0.05, 0.1) is 6.10 Å². The Morgan fingerprint density at radius 3 is 2.18 bits per heavy atom. The lowest BCUT2D eigenvalue weighted by Crippen LogP contribution is -2.25. The first-order chi connectivity index (χ1) is 10.7. The summed E-state index contributed by atoms with van der Waals surface area (Å²) in [5.74, 6) is 0.448. The number of carbonyl (C=O) groups excluding carboxylic acids is 1. The summed E-state index contributed by atoms with van der Waals surface area (Å²) in [6.45, 7) is 4.32. The molecule has 2 aromatic carbocycles. The third kappa shape index (κ3) is 4.60. The van der Waals surface area contributed by atoms with Gasteiger partial charge in [0.15, 0.2) is 6.10 Å². The van der Waals surface area contributed by atoms with Crippen LogP contribution in [0.25, 0.3) is 0 Å². The van der Waals surface area contributed by atoms with Gasteiger partial charge < -0.3 is 14.2 Å². The first-order valence-electron chi connectivity index (χ1n) is 7.30. The van der Waals surface area contributed by atoms with Crippen LogP contribution in [0.3, 0.4) is 0 Å². The molecular weight excluding hydrogens is 280 g/mol.